The van der Waals surface area contributed by atoms with Crippen LogP contribution in [0.25, 0.3) is 0 Å². The molecular formula is C22H35FN2O4. The monoisotopic (exact) mass is 410 g/mol. The van der Waals surface area contributed by atoms with Crippen molar-refractivity contribution < 1.29 is 23.8 Å². The molecule has 1 heterocycles. The number of hydrogen-bond acceptors (Lipinski definition) is 5. The highest BCUT2D eigenvalue weighted by molar-refractivity contribution is 5.94. The first-order chi connectivity index (χ1) is 13.7. The first kappa shape index (κ1) is 23.7. The SMILES string of the molecule is CC(C)CN(C[C@H]1CN(C[C@@H](O)COC(C)C)CCO1)C(=O)c1cccc(F)c1. The van der Waals surface area contributed by atoms with E-state index in [4.69, 9.17) is 9.47 Å². The molecule has 164 valence electrons. The van der Waals surface area contributed by atoms with E-state index in [0.29, 0.717) is 45.0 Å². The van der Waals surface area contributed by atoms with Gasteiger partial charge in [0.1, 0.15) is 5.82 Å². The van der Waals surface area contributed by atoms with Crippen LogP contribution in [0.3, 0.4) is 0 Å². The van der Waals surface area contributed by atoms with Crippen LogP contribution < -0.4 is 0 Å². The Hall–Kier alpha value is -1.54. The second-order valence-corrected chi connectivity index (χ2v) is 8.40. The molecule has 1 amide bonds. The molecule has 2 rings (SSSR count). The lowest BCUT2D eigenvalue weighted by molar-refractivity contribution is -0.0631. The van der Waals surface area contributed by atoms with E-state index >= 15 is 0 Å². The van der Waals surface area contributed by atoms with Crippen molar-refractivity contribution in [2.75, 3.05) is 45.9 Å². The number of carbonyl (C=O) groups excluding carboxylic acids is 1. The Balaban J connectivity index is 1.96. The summed E-state index contributed by atoms with van der Waals surface area (Å²) in [5.41, 5.74) is 0.347. The van der Waals surface area contributed by atoms with Crippen molar-refractivity contribution >= 4 is 5.91 Å². The third-order valence-corrected chi connectivity index (χ3v) is 4.68. The summed E-state index contributed by atoms with van der Waals surface area (Å²) in [6.07, 6.45) is -0.629. The molecule has 29 heavy (non-hydrogen) atoms. The van der Waals surface area contributed by atoms with E-state index in [-0.39, 0.29) is 24.0 Å². The molecule has 0 unspecified atom stereocenters. The summed E-state index contributed by atoms with van der Waals surface area (Å²) >= 11 is 0. The maximum atomic E-state index is 13.6. The van der Waals surface area contributed by atoms with E-state index in [2.05, 4.69) is 4.90 Å². The Morgan fingerprint density at radius 3 is 2.79 bits per heavy atom. The summed E-state index contributed by atoms with van der Waals surface area (Å²) in [7, 11) is 0. The Morgan fingerprint density at radius 2 is 2.14 bits per heavy atom. The fourth-order valence-corrected chi connectivity index (χ4v) is 3.44. The van der Waals surface area contributed by atoms with Crippen molar-refractivity contribution in [3.8, 4) is 0 Å². The molecule has 0 radical (unpaired) electrons. The van der Waals surface area contributed by atoms with Gasteiger partial charge in [0, 0.05) is 38.3 Å². The zero-order valence-electron chi connectivity index (χ0n) is 18.0. The number of β-amino-alcohol motifs (C(OH)–C–C–N with tert-alkyl or cyclic N) is 1. The summed E-state index contributed by atoms with van der Waals surface area (Å²) in [4.78, 5) is 16.8. The number of aliphatic hydroxyl groups is 1. The highest BCUT2D eigenvalue weighted by Gasteiger charge is 2.27. The fraction of sp³-hybridized carbons (Fsp3) is 0.682. The van der Waals surface area contributed by atoms with E-state index in [0.717, 1.165) is 6.54 Å². The number of morpholine rings is 1. The van der Waals surface area contributed by atoms with Crippen LogP contribution >= 0.6 is 0 Å². The van der Waals surface area contributed by atoms with Crippen LogP contribution in [0.15, 0.2) is 24.3 Å². The van der Waals surface area contributed by atoms with Crippen LogP contribution in [0.1, 0.15) is 38.1 Å². The smallest absolute Gasteiger partial charge is 0.254 e. The molecule has 0 bridgehead atoms. The van der Waals surface area contributed by atoms with E-state index < -0.39 is 11.9 Å². The Morgan fingerprint density at radius 1 is 1.38 bits per heavy atom. The van der Waals surface area contributed by atoms with Crippen LogP contribution in [0.2, 0.25) is 0 Å². The Kier molecular flexibility index (Phi) is 9.49. The Bertz CT molecular complexity index is 641. The predicted molar refractivity (Wildman–Crippen MR) is 110 cm³/mol. The molecule has 0 aliphatic carbocycles. The van der Waals surface area contributed by atoms with Gasteiger partial charge in [0.25, 0.3) is 5.91 Å². The van der Waals surface area contributed by atoms with Crippen molar-refractivity contribution in [2.45, 2.75) is 46.0 Å². The van der Waals surface area contributed by atoms with Gasteiger partial charge >= 0.3 is 0 Å². The van der Waals surface area contributed by atoms with Gasteiger partial charge in [-0.25, -0.2) is 4.39 Å². The molecule has 1 aliphatic heterocycles. The van der Waals surface area contributed by atoms with Crippen LogP contribution in [0, 0.1) is 11.7 Å². The lowest BCUT2D eigenvalue weighted by Crippen LogP contribution is -2.51. The maximum absolute atomic E-state index is 13.6. The molecule has 0 saturated carbocycles. The van der Waals surface area contributed by atoms with E-state index in [1.807, 2.05) is 27.7 Å². The average molecular weight is 411 g/mol. The zero-order valence-corrected chi connectivity index (χ0v) is 18.0. The van der Waals surface area contributed by atoms with Gasteiger partial charge in [-0.2, -0.15) is 0 Å². The molecule has 1 fully saturated rings. The normalized spacial score (nSPS) is 19.0. The molecule has 1 N–H and O–H groups in total. The molecule has 0 aromatic heterocycles. The average Bonchev–Trinajstić information content (AvgIpc) is 2.65. The molecule has 7 heteroatoms. The van der Waals surface area contributed by atoms with Gasteiger partial charge in [0.15, 0.2) is 0 Å². The standard InChI is InChI=1S/C22H35FN2O4/c1-16(2)11-25(22(27)18-6-5-7-19(23)10-18)14-21-13-24(8-9-28-21)12-20(26)15-29-17(3)4/h5-7,10,16-17,20-21,26H,8-9,11-15H2,1-4H3/t20-,21-/m1/s1. The van der Waals surface area contributed by atoms with Crippen LogP contribution in [-0.4, -0.2) is 85.1 Å². The number of amides is 1. The third kappa shape index (κ3) is 8.38. The number of rotatable bonds is 10. The van der Waals surface area contributed by atoms with E-state index in [1.165, 1.54) is 12.1 Å². The highest BCUT2D eigenvalue weighted by atomic mass is 19.1. The van der Waals surface area contributed by atoms with Crippen LogP contribution in [-0.2, 0) is 9.47 Å². The molecule has 1 aromatic carbocycles. The van der Waals surface area contributed by atoms with Gasteiger partial charge in [-0.3, -0.25) is 9.69 Å². The van der Waals surface area contributed by atoms with Gasteiger partial charge in [-0.05, 0) is 38.0 Å². The molecule has 1 aromatic rings. The maximum Gasteiger partial charge on any atom is 0.254 e. The minimum absolute atomic E-state index is 0.0838. The van der Waals surface area contributed by atoms with Gasteiger partial charge < -0.3 is 19.5 Å². The van der Waals surface area contributed by atoms with Crippen molar-refractivity contribution in [1.82, 2.24) is 9.80 Å². The number of benzene rings is 1. The molecule has 0 spiro atoms. The van der Waals surface area contributed by atoms with Crippen LogP contribution in [0.4, 0.5) is 4.39 Å². The lowest BCUT2D eigenvalue weighted by atomic mass is 10.1. The van der Waals surface area contributed by atoms with Crippen molar-refractivity contribution in [3.63, 3.8) is 0 Å². The van der Waals surface area contributed by atoms with Crippen molar-refractivity contribution in [2.24, 2.45) is 5.92 Å². The summed E-state index contributed by atoms with van der Waals surface area (Å²) in [6, 6.07) is 5.79. The largest absolute Gasteiger partial charge is 0.389 e. The lowest BCUT2D eigenvalue weighted by Gasteiger charge is -2.37. The second kappa shape index (κ2) is 11.6. The zero-order chi connectivity index (χ0) is 21.4. The third-order valence-electron chi connectivity index (χ3n) is 4.68. The number of nitrogens with zero attached hydrogens (tertiary/aromatic N) is 2. The van der Waals surface area contributed by atoms with Gasteiger partial charge in [-0.15, -0.1) is 0 Å². The number of hydrogen-bond donors (Lipinski definition) is 1. The first-order valence-electron chi connectivity index (χ1n) is 10.4. The van der Waals surface area contributed by atoms with Crippen molar-refractivity contribution in [1.29, 1.82) is 0 Å². The van der Waals surface area contributed by atoms with Gasteiger partial charge in [0.05, 0.1) is 31.5 Å². The molecule has 2 atom stereocenters. The molecule has 6 nitrogen and oxygen atoms in total. The fourth-order valence-electron chi connectivity index (χ4n) is 3.44. The van der Waals surface area contributed by atoms with Gasteiger partial charge in [-0.1, -0.05) is 19.9 Å². The predicted octanol–water partition coefficient (Wildman–Crippen LogP) is 2.41. The molecule has 1 saturated heterocycles. The topological polar surface area (TPSA) is 62.2 Å². The number of carbonyl (C=O) groups is 1. The number of halogens is 1. The summed E-state index contributed by atoms with van der Waals surface area (Å²) < 4.78 is 24.9. The van der Waals surface area contributed by atoms with Gasteiger partial charge in [0.2, 0.25) is 0 Å². The van der Waals surface area contributed by atoms with E-state index in [9.17, 15) is 14.3 Å². The Labute approximate surface area is 173 Å². The quantitative estimate of drug-likeness (QED) is 0.642. The minimum Gasteiger partial charge on any atom is -0.389 e. The number of aliphatic hydroxyl groups excluding tert-OH is 1. The molecular weight excluding hydrogens is 375 g/mol. The molecule has 1 aliphatic rings. The van der Waals surface area contributed by atoms with Crippen LogP contribution in [0.5, 0.6) is 0 Å². The van der Waals surface area contributed by atoms with Crippen molar-refractivity contribution in [3.05, 3.63) is 35.6 Å². The number of ether oxygens (including phenoxy) is 2. The van der Waals surface area contributed by atoms with E-state index in [1.54, 1.807) is 17.0 Å². The summed E-state index contributed by atoms with van der Waals surface area (Å²) in [5, 5.41) is 10.2. The summed E-state index contributed by atoms with van der Waals surface area (Å²) in [6.45, 7) is 11.7. The first-order valence-corrected chi connectivity index (χ1v) is 10.4. The summed E-state index contributed by atoms with van der Waals surface area (Å²) in [5.74, 6) is -0.329. The second-order valence-electron chi connectivity index (χ2n) is 8.40. The highest BCUT2D eigenvalue weighted by Crippen LogP contribution is 2.14. The minimum atomic E-state index is -0.558.